The molecule has 8 fully saturated rings. The molecule has 0 bridgehead atoms. The molecular formula is C89H133N19O15. The van der Waals surface area contributed by atoms with Crippen LogP contribution in [0.2, 0.25) is 0 Å². The second-order valence-electron chi connectivity index (χ2n) is 36.9. The first-order valence-electron chi connectivity index (χ1n) is 44.8. The maximum absolute atomic E-state index is 14.8. The van der Waals surface area contributed by atoms with E-state index in [1.165, 1.54) is 19.1 Å². The van der Waals surface area contributed by atoms with E-state index < -0.39 is 131 Å². The Balaban J connectivity index is 0.668. The standard InChI is InChI=1S/C89H133N19O15/c1-47(2)27-55(35-96-83(117)60-15-10-19-69(60)101-77(111)32-57(28-48(3)4)99-85(119)62-17-12-18-68(62)98-50(7)109)81(115)105-73-43-93-39-65(73)88(122)107-75-45-92-38-64(75)86(120)100-58(31-52-21-24-53-13-8-9-14-54(53)30-52)33-78(112)102-70-20-11-16-61(70)84(118)97-36-56(29-51-22-25-59(110)26-23-51)82(116)106-74-44-94-40-66(74)89(123)108-76-46-95-41-67(76)87(121)104-71(49(5)6)34-79(113)103-72-42-91-37-63(72)80(90)114/h8-9,13-14,21-26,30,47-49,55-58,60-76,91-95,110H,10-12,15-20,27-29,31-46H2,1-7H3,(H2,90,114)(H,96,117)(H,97,118)(H,98,109)(H,99,119)(H,100,120)(H,101,111)(H,102,112)(H,103,113)(H,104,121)(H,105,115)(H,106,116)(H,107,122)(H,108,123)/t55-,56-,57-,58-,60?,61?,62?,63?,64?,65?,66?,67?,68?,69?,70?,71+,72?,73?,74?,75?,76?/m0/s1. The topological polar surface area (TPSA) is 502 Å². The molecule has 34 heteroatoms. The number of nitrogens with two attached hydrogens (primary N) is 1. The van der Waals surface area contributed by atoms with Crippen molar-refractivity contribution in [2.45, 2.75) is 218 Å². The molecule has 3 aromatic rings. The van der Waals surface area contributed by atoms with Gasteiger partial charge in [0.05, 0.1) is 89.4 Å². The molecule has 11 rings (SSSR count). The van der Waals surface area contributed by atoms with Gasteiger partial charge in [0.15, 0.2) is 0 Å². The van der Waals surface area contributed by atoms with E-state index >= 15 is 0 Å². The molecule has 5 saturated heterocycles. The summed E-state index contributed by atoms with van der Waals surface area (Å²) >= 11 is 0. The van der Waals surface area contributed by atoms with Crippen molar-refractivity contribution in [2.24, 2.45) is 82.7 Å². The Hall–Kier alpha value is -9.90. The molecule has 3 aliphatic carbocycles. The molecule has 5 aliphatic heterocycles. The van der Waals surface area contributed by atoms with Gasteiger partial charge in [0, 0.05) is 141 Å². The SMILES string of the molecule is CC(=O)NC1CCCC1C(=O)N[C@H](CC(=O)NC1CCCC1C(=O)NC[C@H](CC(C)C)C(=O)NC1CNCC1C(=O)NC1CNCC1C(=O)N[C@H](CC(=O)NC1CCCC1C(=O)NC[C@H](Cc1ccc(O)cc1)C(=O)NC1CNCC1C(=O)NC1CNCC1C(=O)N[C@H](CC(=O)NC1CNCC1C(N)=O)C(C)C)Cc1ccc2ccccc2c1)CC(C)C. The van der Waals surface area contributed by atoms with Crippen molar-refractivity contribution in [3.63, 3.8) is 0 Å². The van der Waals surface area contributed by atoms with Gasteiger partial charge in [-0.15, -0.1) is 0 Å². The van der Waals surface area contributed by atoms with Gasteiger partial charge in [0.25, 0.3) is 0 Å². The highest BCUT2D eigenvalue weighted by Gasteiger charge is 2.46. The monoisotopic (exact) mass is 1710 g/mol. The zero-order valence-corrected chi connectivity index (χ0v) is 72.2. The number of aromatic hydroxyl groups is 1. The summed E-state index contributed by atoms with van der Waals surface area (Å²) < 4.78 is 0. The number of nitrogens with one attached hydrogen (secondary N) is 18. The van der Waals surface area contributed by atoms with Crippen molar-refractivity contribution in [3.05, 3.63) is 77.9 Å². The van der Waals surface area contributed by atoms with Crippen molar-refractivity contribution in [1.29, 1.82) is 0 Å². The number of benzene rings is 3. The fourth-order valence-corrected chi connectivity index (χ4v) is 19.5. The normalized spacial score (nSPS) is 27.2. The number of hydrogen-bond donors (Lipinski definition) is 20. The van der Waals surface area contributed by atoms with Crippen molar-refractivity contribution in [1.82, 2.24) is 95.7 Å². The molecule has 14 amide bonds. The number of fused-ring (bicyclic) bond motifs is 1. The van der Waals surface area contributed by atoms with Gasteiger partial charge in [-0.05, 0) is 116 Å². The van der Waals surface area contributed by atoms with E-state index in [9.17, 15) is 72.2 Å². The van der Waals surface area contributed by atoms with E-state index in [-0.39, 0.29) is 185 Å². The van der Waals surface area contributed by atoms with Crippen LogP contribution in [0.1, 0.15) is 149 Å². The smallest absolute Gasteiger partial charge is 0.226 e. The van der Waals surface area contributed by atoms with Crippen LogP contribution in [0.15, 0.2) is 66.7 Å². The highest BCUT2D eigenvalue weighted by atomic mass is 16.3. The van der Waals surface area contributed by atoms with E-state index in [1.807, 2.05) is 84.0 Å². The first-order chi connectivity index (χ1) is 58.9. The molecule has 34 nitrogen and oxygen atoms in total. The van der Waals surface area contributed by atoms with Crippen LogP contribution >= 0.6 is 0 Å². The lowest BCUT2D eigenvalue weighted by atomic mass is 9.93. The van der Waals surface area contributed by atoms with Crippen LogP contribution < -0.4 is 101 Å². The van der Waals surface area contributed by atoms with Gasteiger partial charge in [-0.1, -0.05) is 115 Å². The number of amides is 14. The predicted molar refractivity (Wildman–Crippen MR) is 460 cm³/mol. The Bertz CT molecular complexity index is 4230. The fraction of sp³-hybridized carbons (Fsp3) is 0.663. The van der Waals surface area contributed by atoms with Gasteiger partial charge in [0.1, 0.15) is 5.75 Å². The molecule has 123 heavy (non-hydrogen) atoms. The van der Waals surface area contributed by atoms with E-state index in [1.54, 1.807) is 12.1 Å². The maximum atomic E-state index is 14.8. The molecule has 5 heterocycles. The van der Waals surface area contributed by atoms with Gasteiger partial charge in [-0.2, -0.15) is 0 Å². The molecule has 0 radical (unpaired) electrons. The number of phenolic OH excluding ortho intramolecular Hbond substituents is 1. The first kappa shape index (κ1) is 93.8. The number of primary amides is 1. The summed E-state index contributed by atoms with van der Waals surface area (Å²) in [5.74, 6) is -11.3. The van der Waals surface area contributed by atoms with E-state index in [0.717, 1.165) is 22.8 Å². The van der Waals surface area contributed by atoms with Crippen molar-refractivity contribution in [3.8, 4) is 5.75 Å². The molecule has 21 N–H and O–H groups in total. The average Bonchev–Trinajstić information content (AvgIpc) is 1.79. The summed E-state index contributed by atoms with van der Waals surface area (Å²) in [5.41, 5.74) is 7.12. The van der Waals surface area contributed by atoms with E-state index in [0.29, 0.717) is 96.0 Å². The number of carbonyl (C=O) groups is 14. The summed E-state index contributed by atoms with van der Waals surface area (Å²) in [7, 11) is 0. The van der Waals surface area contributed by atoms with Crippen molar-refractivity contribution in [2.75, 3.05) is 78.5 Å². The Labute approximate surface area is 720 Å². The molecule has 8 aliphatic rings. The molecule has 3 aromatic carbocycles. The number of phenols is 1. The van der Waals surface area contributed by atoms with Crippen molar-refractivity contribution < 1.29 is 72.2 Å². The zero-order valence-electron chi connectivity index (χ0n) is 72.2. The number of hydrogen-bond acceptors (Lipinski definition) is 20. The Morgan fingerprint density at radius 3 is 1.29 bits per heavy atom. The van der Waals surface area contributed by atoms with Crippen molar-refractivity contribution >= 4 is 93.5 Å². The Morgan fingerprint density at radius 1 is 0.382 bits per heavy atom. The number of carbonyl (C=O) groups excluding carboxylic acids is 14. The predicted octanol–water partition coefficient (Wildman–Crippen LogP) is -0.951. The van der Waals surface area contributed by atoms with Crippen LogP contribution in [-0.4, -0.2) is 233 Å². The third-order valence-corrected chi connectivity index (χ3v) is 26.2. The molecule has 21 atom stereocenters. The third-order valence-electron chi connectivity index (χ3n) is 26.2. The summed E-state index contributed by atoms with van der Waals surface area (Å²) in [4.78, 5) is 194. The average molecular weight is 1710 g/mol. The third kappa shape index (κ3) is 26.6. The van der Waals surface area contributed by atoms with E-state index in [4.69, 9.17) is 5.73 Å². The largest absolute Gasteiger partial charge is 0.508 e. The lowest BCUT2D eigenvalue weighted by molar-refractivity contribution is -0.132. The van der Waals surface area contributed by atoms with Crippen LogP contribution in [0, 0.1) is 76.9 Å². The summed E-state index contributed by atoms with van der Waals surface area (Å²) in [6, 6.07) is 14.1. The van der Waals surface area contributed by atoms with Gasteiger partial charge in [0.2, 0.25) is 82.7 Å². The second-order valence-corrected chi connectivity index (χ2v) is 36.9. The summed E-state index contributed by atoms with van der Waals surface area (Å²) in [5, 5.41) is 68.0. The van der Waals surface area contributed by atoms with Crippen LogP contribution in [0.5, 0.6) is 5.75 Å². The van der Waals surface area contributed by atoms with Crippen LogP contribution in [0.25, 0.3) is 10.8 Å². The van der Waals surface area contributed by atoms with Gasteiger partial charge >= 0.3 is 0 Å². The van der Waals surface area contributed by atoms with Crippen LogP contribution in [-0.2, 0) is 80.0 Å². The molecular weight excluding hydrogens is 1580 g/mol. The second kappa shape index (κ2) is 44.6. The number of rotatable bonds is 40. The minimum absolute atomic E-state index is 0.0253. The lowest BCUT2D eigenvalue weighted by Gasteiger charge is -2.28. The molecule has 16 unspecified atom stereocenters. The van der Waals surface area contributed by atoms with Crippen LogP contribution in [0.3, 0.4) is 0 Å². The first-order valence-corrected chi connectivity index (χ1v) is 44.8. The Morgan fingerprint density at radius 2 is 0.789 bits per heavy atom. The minimum atomic E-state index is -0.864. The zero-order chi connectivity index (χ0) is 88.1. The highest BCUT2D eigenvalue weighted by molar-refractivity contribution is 5.91. The van der Waals surface area contributed by atoms with Gasteiger partial charge in [-0.3, -0.25) is 67.1 Å². The molecule has 0 spiro atoms. The lowest BCUT2D eigenvalue weighted by Crippen LogP contribution is -2.54. The van der Waals surface area contributed by atoms with Gasteiger partial charge < -0.3 is 107 Å². The molecule has 0 aromatic heterocycles. The Kier molecular flexibility index (Phi) is 34.0. The molecule has 674 valence electrons. The van der Waals surface area contributed by atoms with E-state index in [2.05, 4.69) is 95.7 Å². The van der Waals surface area contributed by atoms with Crippen LogP contribution in [0.4, 0.5) is 0 Å². The summed E-state index contributed by atoms with van der Waals surface area (Å²) in [6.07, 6.45) is 6.76. The fourth-order valence-electron chi connectivity index (χ4n) is 19.5. The van der Waals surface area contributed by atoms with Gasteiger partial charge in [-0.25, -0.2) is 0 Å². The highest BCUT2D eigenvalue weighted by Crippen LogP contribution is 2.31. The maximum Gasteiger partial charge on any atom is 0.226 e. The quantitative estimate of drug-likeness (QED) is 0.0326. The summed E-state index contributed by atoms with van der Waals surface area (Å²) in [6.45, 7) is 15.9. The molecule has 3 saturated carbocycles. The minimum Gasteiger partial charge on any atom is -0.508 e.